The summed E-state index contributed by atoms with van der Waals surface area (Å²) in [5.41, 5.74) is 0. The molecule has 9 nitrogen and oxygen atoms in total. The van der Waals surface area contributed by atoms with E-state index < -0.39 is 67.8 Å². The van der Waals surface area contributed by atoms with Crippen LogP contribution in [-0.2, 0) is 27.3 Å². The molecule has 0 aromatic carbocycles. The van der Waals surface area contributed by atoms with Gasteiger partial charge in [-0.05, 0) is 41.5 Å². The normalized spacial score (nSPS) is 19.2. The molecule has 0 rings (SSSR count). The molecule has 0 heterocycles. The van der Waals surface area contributed by atoms with Crippen molar-refractivity contribution in [1.82, 2.24) is 0 Å². The molecule has 16 heteroatoms. The van der Waals surface area contributed by atoms with Crippen molar-refractivity contribution in [3.05, 3.63) is 0 Å². The summed E-state index contributed by atoms with van der Waals surface area (Å²) in [5, 5.41) is 0. The van der Waals surface area contributed by atoms with Crippen LogP contribution in [0.2, 0.25) is 0 Å². The quantitative estimate of drug-likeness (QED) is 0.313. The van der Waals surface area contributed by atoms with Gasteiger partial charge in [0.05, 0.1) is 24.7 Å². The Morgan fingerprint density at radius 3 is 1.00 bits per heavy atom. The highest BCUT2D eigenvalue weighted by molar-refractivity contribution is 8.15. The predicted molar refractivity (Wildman–Crippen MR) is 105 cm³/mol. The summed E-state index contributed by atoms with van der Waals surface area (Å²) in [6, 6.07) is 0. The summed E-state index contributed by atoms with van der Waals surface area (Å²) in [4.78, 5) is 29.8. The minimum atomic E-state index is -4.12. The predicted octanol–water partition coefficient (Wildman–Crippen LogP) is 0.857. The summed E-state index contributed by atoms with van der Waals surface area (Å²) >= 11 is 0. The van der Waals surface area contributed by atoms with Gasteiger partial charge in [0.15, 0.2) is 0 Å². The van der Waals surface area contributed by atoms with Crippen LogP contribution in [0.15, 0.2) is 0 Å². The fourth-order valence-corrected chi connectivity index (χ4v) is 7.85. The molecule has 0 aliphatic carbocycles. The zero-order chi connectivity index (χ0) is 20.1. The van der Waals surface area contributed by atoms with Gasteiger partial charge in [-0.1, -0.05) is 0 Å². The van der Waals surface area contributed by atoms with Gasteiger partial charge in [0.25, 0.3) is 22.4 Å². The SMILES string of the molecule is CC(C)OP(=O)(O)BB(BP(=O)(O)OC(C)C)BP(=O)(O)OC(C)C. The van der Waals surface area contributed by atoms with Crippen molar-refractivity contribution in [1.29, 1.82) is 0 Å². The van der Waals surface area contributed by atoms with E-state index in [-0.39, 0.29) is 0 Å². The van der Waals surface area contributed by atoms with Crippen LogP contribution in [-0.4, -0.2) is 60.0 Å². The highest BCUT2D eigenvalue weighted by atomic mass is 31.2. The van der Waals surface area contributed by atoms with Gasteiger partial charge in [-0.2, -0.15) is 0 Å². The van der Waals surface area contributed by atoms with Gasteiger partial charge in [-0.15, -0.1) is 0 Å². The van der Waals surface area contributed by atoms with Gasteiger partial charge in [-0.3, -0.25) is 13.7 Å². The van der Waals surface area contributed by atoms with Gasteiger partial charge in [0.1, 0.15) is 0 Å². The molecule has 0 bridgehead atoms. The number of hydrogen-bond acceptors (Lipinski definition) is 6. The fraction of sp³-hybridized carbons (Fsp3) is 1.00. The Hall–Kier alpha value is 0.710. The van der Waals surface area contributed by atoms with E-state index in [1.54, 1.807) is 41.5 Å². The lowest BCUT2D eigenvalue weighted by Gasteiger charge is -2.23. The van der Waals surface area contributed by atoms with E-state index in [0.717, 1.165) is 0 Å². The Kier molecular flexibility index (Phi) is 10.6. The highest BCUT2D eigenvalue weighted by Gasteiger charge is 2.42. The molecule has 0 aliphatic rings. The summed E-state index contributed by atoms with van der Waals surface area (Å²) in [6.07, 6.45) is -2.70. The van der Waals surface area contributed by atoms with E-state index in [1.807, 2.05) is 0 Å². The highest BCUT2D eigenvalue weighted by Crippen LogP contribution is 2.49. The Balaban J connectivity index is 5.34. The summed E-state index contributed by atoms with van der Waals surface area (Å²) in [5.74, 6) is 0. The maximum absolute atomic E-state index is 12.2. The molecule has 0 amide bonds. The third-order valence-corrected chi connectivity index (χ3v) is 7.78. The monoisotopic (exact) mass is 416 g/mol. The average Bonchev–Trinajstić information content (AvgIpc) is 2.18. The largest absolute Gasteiger partial charge is 0.333 e. The molecule has 0 radical (unpaired) electrons. The maximum atomic E-state index is 12.2. The summed E-state index contributed by atoms with van der Waals surface area (Å²) in [6.45, 7) is 7.73. The topological polar surface area (TPSA) is 140 Å². The van der Waals surface area contributed by atoms with Gasteiger partial charge in [0, 0.05) is 0 Å². The van der Waals surface area contributed by atoms with Crippen LogP contribution in [0.3, 0.4) is 0 Å². The Morgan fingerprint density at radius 2 is 0.840 bits per heavy atom. The number of rotatable bonds is 12. The van der Waals surface area contributed by atoms with Crippen LogP contribution >= 0.6 is 22.4 Å². The molecule has 3 N–H and O–H groups in total. The van der Waals surface area contributed by atoms with Gasteiger partial charge >= 0.3 is 0 Å². The van der Waals surface area contributed by atoms with Gasteiger partial charge in [-0.25, -0.2) is 0 Å². The van der Waals surface area contributed by atoms with E-state index in [4.69, 9.17) is 13.6 Å². The molecule has 0 fully saturated rings. The minimum absolute atomic E-state index is 0.544. The van der Waals surface area contributed by atoms with Crippen molar-refractivity contribution < 1.29 is 41.9 Å². The lowest BCUT2D eigenvalue weighted by molar-refractivity contribution is 0.215. The van der Waals surface area contributed by atoms with Crippen LogP contribution in [0.5, 0.6) is 0 Å². The molecule has 25 heavy (non-hydrogen) atoms. The molecule has 0 aromatic heterocycles. The van der Waals surface area contributed by atoms with Crippen molar-refractivity contribution in [3.63, 3.8) is 0 Å². The zero-order valence-corrected chi connectivity index (χ0v) is 18.2. The maximum Gasteiger partial charge on any atom is 0.263 e. The zero-order valence-electron chi connectivity index (χ0n) is 15.6. The minimum Gasteiger partial charge on any atom is -0.333 e. The second-order valence-electron chi connectivity index (χ2n) is 6.79. The second kappa shape index (κ2) is 10.3. The van der Waals surface area contributed by atoms with Crippen LogP contribution in [0.4, 0.5) is 0 Å². The van der Waals surface area contributed by atoms with E-state index in [1.165, 1.54) is 0 Å². The van der Waals surface area contributed by atoms with Crippen LogP contribution in [0, 0.1) is 0 Å². The third-order valence-electron chi connectivity index (χ3n) is 2.59. The molecule has 3 unspecified atom stereocenters. The van der Waals surface area contributed by atoms with E-state index in [2.05, 4.69) is 0 Å². The lowest BCUT2D eigenvalue weighted by Crippen LogP contribution is -2.39. The second-order valence-corrected chi connectivity index (χ2v) is 12.3. The van der Waals surface area contributed by atoms with Crippen molar-refractivity contribution in [2.45, 2.75) is 59.9 Å². The first-order valence-corrected chi connectivity index (χ1v) is 13.3. The molecule has 0 aromatic rings. The first-order valence-electron chi connectivity index (χ1n) is 8.04. The van der Waals surface area contributed by atoms with Crippen LogP contribution < -0.4 is 0 Å². The first-order chi connectivity index (χ1) is 11.0. The smallest absolute Gasteiger partial charge is 0.263 e. The standard InChI is InChI=1S/C9H27B4O9P3/c1-7(2)20-23(14,15)10-13(11-24(16,17)21-8(3)4)12-25(18,19)22-9(5)6/h7-12H,1-6H3,(H,14,15)(H,16,17)(H,18,19). The molecule has 0 saturated carbocycles. The number of hydrogen-bond donors (Lipinski definition) is 3. The van der Waals surface area contributed by atoms with Crippen LogP contribution in [0.25, 0.3) is 0 Å². The Morgan fingerprint density at radius 1 is 0.640 bits per heavy atom. The van der Waals surface area contributed by atoms with Gasteiger partial charge in [0.2, 0.25) is 20.7 Å². The lowest BCUT2D eigenvalue weighted by atomic mass is 9.06. The third kappa shape index (κ3) is 13.5. The Labute approximate surface area is 151 Å². The van der Waals surface area contributed by atoms with E-state index in [9.17, 15) is 28.4 Å². The van der Waals surface area contributed by atoms with E-state index >= 15 is 0 Å². The van der Waals surface area contributed by atoms with Gasteiger partial charge < -0.3 is 28.3 Å². The average molecular weight is 415 g/mol. The van der Waals surface area contributed by atoms with Crippen molar-refractivity contribution >= 4 is 49.5 Å². The fourth-order valence-electron chi connectivity index (χ4n) is 2.27. The molecule has 0 spiro atoms. The van der Waals surface area contributed by atoms with Crippen molar-refractivity contribution in [2.75, 3.05) is 0 Å². The summed E-state index contributed by atoms with van der Waals surface area (Å²) < 4.78 is 51.3. The molecule has 144 valence electrons. The van der Waals surface area contributed by atoms with Crippen molar-refractivity contribution in [3.8, 4) is 0 Å². The summed E-state index contributed by atoms with van der Waals surface area (Å²) in [7, 11) is -12.4. The Bertz CT molecular complexity index is 482. The van der Waals surface area contributed by atoms with E-state index in [0.29, 0.717) is 0 Å². The molecular weight excluding hydrogens is 388 g/mol. The first kappa shape index (κ1) is 25.7. The van der Waals surface area contributed by atoms with Crippen molar-refractivity contribution in [2.24, 2.45) is 0 Å². The molecule has 0 saturated heterocycles. The van der Waals surface area contributed by atoms with Crippen LogP contribution in [0.1, 0.15) is 41.5 Å². The molecule has 3 atom stereocenters. The molecule has 0 aliphatic heterocycles. The molecular formula is C9H27B4O9P3.